The SMILES string of the molecule is CC(C)N(CC/C(N)=N/O)C(=O)c1cccc(F)c1Cl. The predicted octanol–water partition coefficient (Wildman–Crippen LogP) is 2.47. The molecule has 1 amide bonds. The Morgan fingerprint density at radius 2 is 2.20 bits per heavy atom. The zero-order chi connectivity index (χ0) is 15.3. The van der Waals surface area contributed by atoms with E-state index in [1.807, 2.05) is 13.8 Å². The summed E-state index contributed by atoms with van der Waals surface area (Å²) in [6, 6.07) is 3.95. The van der Waals surface area contributed by atoms with Gasteiger partial charge in [0.1, 0.15) is 11.7 Å². The lowest BCUT2D eigenvalue weighted by molar-refractivity contribution is 0.0710. The maximum Gasteiger partial charge on any atom is 0.255 e. The molecule has 1 rings (SSSR count). The first kappa shape index (κ1) is 16.2. The molecule has 110 valence electrons. The van der Waals surface area contributed by atoms with Crippen molar-refractivity contribution >= 4 is 23.3 Å². The molecule has 0 aliphatic rings. The van der Waals surface area contributed by atoms with E-state index in [2.05, 4.69) is 5.16 Å². The van der Waals surface area contributed by atoms with Crippen LogP contribution in [-0.4, -0.2) is 34.4 Å². The van der Waals surface area contributed by atoms with Gasteiger partial charge in [-0.2, -0.15) is 0 Å². The van der Waals surface area contributed by atoms with Crippen molar-refractivity contribution in [2.24, 2.45) is 10.9 Å². The average Bonchev–Trinajstić information content (AvgIpc) is 2.41. The Kier molecular flexibility index (Phi) is 5.76. The predicted molar refractivity (Wildman–Crippen MR) is 75.6 cm³/mol. The van der Waals surface area contributed by atoms with Gasteiger partial charge >= 0.3 is 0 Å². The number of nitrogens with two attached hydrogens (primary N) is 1. The number of oxime groups is 1. The van der Waals surface area contributed by atoms with Gasteiger partial charge in [-0.3, -0.25) is 4.79 Å². The van der Waals surface area contributed by atoms with E-state index >= 15 is 0 Å². The van der Waals surface area contributed by atoms with Gasteiger partial charge in [0.15, 0.2) is 0 Å². The van der Waals surface area contributed by atoms with E-state index in [1.165, 1.54) is 23.1 Å². The zero-order valence-corrected chi connectivity index (χ0v) is 12.1. The molecule has 0 aliphatic carbocycles. The summed E-state index contributed by atoms with van der Waals surface area (Å²) in [4.78, 5) is 13.9. The molecule has 0 bridgehead atoms. The second-order valence-corrected chi connectivity index (χ2v) is 4.91. The van der Waals surface area contributed by atoms with Crippen molar-refractivity contribution in [2.45, 2.75) is 26.3 Å². The Morgan fingerprint density at radius 3 is 2.75 bits per heavy atom. The summed E-state index contributed by atoms with van der Waals surface area (Å²) in [5, 5.41) is 11.2. The first-order valence-corrected chi connectivity index (χ1v) is 6.47. The number of hydrogen-bond donors (Lipinski definition) is 2. The summed E-state index contributed by atoms with van der Waals surface area (Å²) in [6.07, 6.45) is 0.216. The Bertz CT molecular complexity index is 520. The molecule has 1 aromatic carbocycles. The number of carbonyl (C=O) groups is 1. The Balaban J connectivity index is 2.97. The third-order valence-electron chi connectivity index (χ3n) is 2.80. The first-order valence-electron chi connectivity index (χ1n) is 6.09. The van der Waals surface area contributed by atoms with Crippen LogP contribution in [0.3, 0.4) is 0 Å². The number of benzene rings is 1. The van der Waals surface area contributed by atoms with Crippen LogP contribution in [0.1, 0.15) is 30.6 Å². The monoisotopic (exact) mass is 301 g/mol. The van der Waals surface area contributed by atoms with Gasteiger partial charge in [-0.05, 0) is 26.0 Å². The van der Waals surface area contributed by atoms with Crippen molar-refractivity contribution in [2.75, 3.05) is 6.54 Å². The van der Waals surface area contributed by atoms with Crippen molar-refractivity contribution < 1.29 is 14.4 Å². The van der Waals surface area contributed by atoms with Crippen LogP contribution in [0.5, 0.6) is 0 Å². The van der Waals surface area contributed by atoms with Crippen molar-refractivity contribution in [3.63, 3.8) is 0 Å². The molecule has 1 aromatic rings. The number of rotatable bonds is 5. The minimum absolute atomic E-state index is 0.0220. The van der Waals surface area contributed by atoms with Gasteiger partial charge in [0.25, 0.3) is 5.91 Å². The molecule has 5 nitrogen and oxygen atoms in total. The second kappa shape index (κ2) is 7.09. The molecule has 0 unspecified atom stereocenters. The Labute approximate surface area is 121 Å². The highest BCUT2D eigenvalue weighted by molar-refractivity contribution is 6.34. The molecule has 20 heavy (non-hydrogen) atoms. The Hall–Kier alpha value is -1.82. The van der Waals surface area contributed by atoms with Gasteiger partial charge in [0.05, 0.1) is 10.6 Å². The van der Waals surface area contributed by atoms with Gasteiger partial charge in [0, 0.05) is 19.0 Å². The van der Waals surface area contributed by atoms with Crippen molar-refractivity contribution in [3.05, 3.63) is 34.6 Å². The third kappa shape index (κ3) is 3.84. The van der Waals surface area contributed by atoms with E-state index in [4.69, 9.17) is 22.5 Å². The van der Waals surface area contributed by atoms with Gasteiger partial charge in [-0.15, -0.1) is 0 Å². The number of carbonyl (C=O) groups excluding carboxylic acids is 1. The van der Waals surface area contributed by atoms with Crippen molar-refractivity contribution in [1.29, 1.82) is 0 Å². The van der Waals surface area contributed by atoms with Crippen LogP contribution in [0.15, 0.2) is 23.4 Å². The van der Waals surface area contributed by atoms with E-state index in [0.29, 0.717) is 0 Å². The van der Waals surface area contributed by atoms with E-state index in [9.17, 15) is 9.18 Å². The van der Waals surface area contributed by atoms with E-state index < -0.39 is 11.7 Å². The summed E-state index contributed by atoms with van der Waals surface area (Å²) < 4.78 is 13.4. The number of amidine groups is 1. The topological polar surface area (TPSA) is 78.9 Å². The molecule has 0 atom stereocenters. The molecule has 0 saturated heterocycles. The lowest BCUT2D eigenvalue weighted by Crippen LogP contribution is -2.39. The quantitative estimate of drug-likeness (QED) is 0.379. The maximum atomic E-state index is 13.4. The summed E-state index contributed by atoms with van der Waals surface area (Å²) in [6.45, 7) is 3.88. The van der Waals surface area contributed by atoms with Crippen LogP contribution in [-0.2, 0) is 0 Å². The first-order chi connectivity index (χ1) is 9.38. The minimum Gasteiger partial charge on any atom is -0.409 e. The smallest absolute Gasteiger partial charge is 0.255 e. The molecule has 0 aromatic heterocycles. The fourth-order valence-corrected chi connectivity index (χ4v) is 1.91. The van der Waals surface area contributed by atoms with Crippen LogP contribution in [0, 0.1) is 5.82 Å². The largest absolute Gasteiger partial charge is 0.409 e. The highest BCUT2D eigenvalue weighted by Gasteiger charge is 2.22. The van der Waals surface area contributed by atoms with E-state index in [-0.39, 0.29) is 35.4 Å². The van der Waals surface area contributed by atoms with Crippen molar-refractivity contribution in [1.82, 2.24) is 4.90 Å². The van der Waals surface area contributed by atoms with Gasteiger partial charge in [-0.1, -0.05) is 22.8 Å². The summed E-state index contributed by atoms with van der Waals surface area (Å²) in [5.74, 6) is -1.01. The third-order valence-corrected chi connectivity index (χ3v) is 3.19. The van der Waals surface area contributed by atoms with Crippen LogP contribution in [0.4, 0.5) is 4.39 Å². The van der Waals surface area contributed by atoms with Crippen LogP contribution >= 0.6 is 11.6 Å². The van der Waals surface area contributed by atoms with E-state index in [0.717, 1.165) is 0 Å². The van der Waals surface area contributed by atoms with Crippen LogP contribution in [0.2, 0.25) is 5.02 Å². The van der Waals surface area contributed by atoms with Gasteiger partial charge < -0.3 is 15.8 Å². The average molecular weight is 302 g/mol. The normalized spacial score (nSPS) is 11.8. The molecule has 0 aliphatic heterocycles. The second-order valence-electron chi connectivity index (χ2n) is 4.54. The fraction of sp³-hybridized carbons (Fsp3) is 0.385. The molecular weight excluding hydrogens is 285 g/mol. The molecule has 0 heterocycles. The summed E-state index contributed by atoms with van der Waals surface area (Å²) >= 11 is 5.82. The standard InChI is InChI=1S/C13H17ClFN3O2/c1-8(2)18(7-6-11(16)17-20)13(19)9-4-3-5-10(15)12(9)14/h3-5,8,20H,6-7H2,1-2H3,(H2,16,17). The van der Waals surface area contributed by atoms with Gasteiger partial charge in [0.2, 0.25) is 0 Å². The minimum atomic E-state index is -0.641. The molecule has 7 heteroatoms. The summed E-state index contributed by atoms with van der Waals surface area (Å²) in [5.41, 5.74) is 5.49. The lowest BCUT2D eigenvalue weighted by Gasteiger charge is -2.27. The molecule has 0 radical (unpaired) electrons. The molecule has 3 N–H and O–H groups in total. The molecule has 0 fully saturated rings. The number of nitrogens with zero attached hydrogens (tertiary/aromatic N) is 2. The Morgan fingerprint density at radius 1 is 1.55 bits per heavy atom. The summed E-state index contributed by atoms with van der Waals surface area (Å²) in [7, 11) is 0. The zero-order valence-electron chi connectivity index (χ0n) is 11.3. The lowest BCUT2D eigenvalue weighted by atomic mass is 10.1. The number of halogens is 2. The van der Waals surface area contributed by atoms with Crippen molar-refractivity contribution in [3.8, 4) is 0 Å². The number of amides is 1. The van der Waals surface area contributed by atoms with Gasteiger partial charge in [-0.25, -0.2) is 4.39 Å². The van der Waals surface area contributed by atoms with Crippen LogP contribution in [0.25, 0.3) is 0 Å². The van der Waals surface area contributed by atoms with Crippen LogP contribution < -0.4 is 5.73 Å². The maximum absolute atomic E-state index is 13.4. The molecule has 0 spiro atoms. The highest BCUT2D eigenvalue weighted by Crippen LogP contribution is 2.22. The highest BCUT2D eigenvalue weighted by atomic mass is 35.5. The fourth-order valence-electron chi connectivity index (χ4n) is 1.70. The number of hydrogen-bond acceptors (Lipinski definition) is 3. The van der Waals surface area contributed by atoms with E-state index in [1.54, 1.807) is 0 Å². The molecular formula is C13H17ClFN3O2. The molecule has 0 saturated carbocycles.